The molecular formula is C10H11O. The van der Waals surface area contributed by atoms with Crippen LogP contribution in [0.15, 0.2) is 18.2 Å². The topological polar surface area (TPSA) is 9.23 Å². The van der Waals surface area contributed by atoms with Gasteiger partial charge in [0.2, 0.25) is 0 Å². The first-order valence-electron chi connectivity index (χ1n) is 3.99. The number of rotatable bonds is 2. The molecule has 57 valence electrons. The molecule has 1 aliphatic rings. The third kappa shape index (κ3) is 1.73. The van der Waals surface area contributed by atoms with Crippen LogP contribution in [0, 0.1) is 13.0 Å². The molecule has 1 aromatic carbocycles. The molecule has 11 heavy (non-hydrogen) atoms. The quantitative estimate of drug-likeness (QED) is 0.623. The summed E-state index contributed by atoms with van der Waals surface area (Å²) in [6.07, 6.45) is 2.94. The van der Waals surface area contributed by atoms with E-state index in [1.54, 1.807) is 0 Å². The molecule has 1 saturated carbocycles. The fourth-order valence-corrected chi connectivity index (χ4v) is 1.01. The molecule has 0 spiro atoms. The van der Waals surface area contributed by atoms with Gasteiger partial charge < -0.3 is 4.74 Å². The molecule has 0 amide bonds. The number of ether oxygens (including phenoxy) is 1. The summed E-state index contributed by atoms with van der Waals surface area (Å²) in [6, 6.07) is 8.98. The second-order valence-electron chi connectivity index (χ2n) is 3.02. The van der Waals surface area contributed by atoms with Gasteiger partial charge in [-0.25, -0.2) is 0 Å². The fourth-order valence-electron chi connectivity index (χ4n) is 1.01. The van der Waals surface area contributed by atoms with Crippen molar-refractivity contribution in [2.75, 3.05) is 0 Å². The second kappa shape index (κ2) is 2.57. The van der Waals surface area contributed by atoms with Crippen molar-refractivity contribution in [2.45, 2.75) is 25.9 Å². The van der Waals surface area contributed by atoms with Crippen LogP contribution in [0.25, 0.3) is 0 Å². The Hall–Kier alpha value is -0.980. The van der Waals surface area contributed by atoms with Gasteiger partial charge in [-0.2, -0.15) is 0 Å². The zero-order valence-corrected chi connectivity index (χ0v) is 6.63. The lowest BCUT2D eigenvalue weighted by Gasteiger charge is -2.03. The van der Waals surface area contributed by atoms with Crippen molar-refractivity contribution in [3.05, 3.63) is 29.8 Å². The van der Waals surface area contributed by atoms with Crippen LogP contribution in [0.3, 0.4) is 0 Å². The Balaban J connectivity index is 2.10. The van der Waals surface area contributed by atoms with E-state index in [0.717, 1.165) is 11.3 Å². The van der Waals surface area contributed by atoms with Gasteiger partial charge in [0.05, 0.1) is 6.10 Å². The molecule has 1 aliphatic carbocycles. The zero-order chi connectivity index (χ0) is 7.68. The molecule has 0 unspecified atom stereocenters. The SMILES string of the molecule is Cc1[c]ccc(OC2CC2)c1. The van der Waals surface area contributed by atoms with E-state index in [-0.39, 0.29) is 0 Å². The highest BCUT2D eigenvalue weighted by atomic mass is 16.5. The molecule has 1 heteroatoms. The maximum atomic E-state index is 5.59. The first-order chi connectivity index (χ1) is 5.34. The van der Waals surface area contributed by atoms with Gasteiger partial charge >= 0.3 is 0 Å². The van der Waals surface area contributed by atoms with Crippen LogP contribution in [-0.2, 0) is 0 Å². The van der Waals surface area contributed by atoms with E-state index >= 15 is 0 Å². The predicted molar refractivity (Wildman–Crippen MR) is 43.7 cm³/mol. The summed E-state index contributed by atoms with van der Waals surface area (Å²) in [5, 5.41) is 0. The Morgan fingerprint density at radius 1 is 1.55 bits per heavy atom. The largest absolute Gasteiger partial charge is 0.490 e. The Labute approximate surface area is 67.0 Å². The Morgan fingerprint density at radius 2 is 2.36 bits per heavy atom. The van der Waals surface area contributed by atoms with Gasteiger partial charge in [-0.1, -0.05) is 6.07 Å². The minimum atomic E-state index is 0.497. The van der Waals surface area contributed by atoms with Gasteiger partial charge in [-0.3, -0.25) is 0 Å². The molecule has 0 heterocycles. The van der Waals surface area contributed by atoms with E-state index in [4.69, 9.17) is 4.74 Å². The van der Waals surface area contributed by atoms with Crippen molar-refractivity contribution in [1.82, 2.24) is 0 Å². The molecule has 0 saturated heterocycles. The summed E-state index contributed by atoms with van der Waals surface area (Å²) in [6.45, 7) is 2.03. The third-order valence-corrected chi connectivity index (χ3v) is 1.74. The van der Waals surface area contributed by atoms with Crippen molar-refractivity contribution < 1.29 is 4.74 Å². The Bertz CT molecular complexity index is 251. The fraction of sp³-hybridized carbons (Fsp3) is 0.400. The Morgan fingerprint density at radius 3 is 3.00 bits per heavy atom. The summed E-state index contributed by atoms with van der Waals surface area (Å²) in [7, 11) is 0. The number of aryl methyl sites for hydroxylation is 1. The highest BCUT2D eigenvalue weighted by Gasteiger charge is 2.23. The molecule has 0 bridgehead atoms. The van der Waals surface area contributed by atoms with E-state index in [1.807, 2.05) is 25.1 Å². The van der Waals surface area contributed by atoms with E-state index in [1.165, 1.54) is 12.8 Å². The number of hydrogen-bond acceptors (Lipinski definition) is 1. The molecule has 0 atom stereocenters. The van der Waals surface area contributed by atoms with Gasteiger partial charge in [0, 0.05) is 0 Å². The number of benzene rings is 1. The van der Waals surface area contributed by atoms with Gasteiger partial charge in [0.1, 0.15) is 5.75 Å². The van der Waals surface area contributed by atoms with Crippen molar-refractivity contribution in [3.63, 3.8) is 0 Å². The van der Waals surface area contributed by atoms with E-state index in [2.05, 4.69) is 6.07 Å². The standard InChI is InChI=1S/C10H11O/c1-8-3-2-4-10(7-8)11-9-5-6-9/h2,4,7,9H,5-6H2,1H3. The maximum absolute atomic E-state index is 5.59. The zero-order valence-electron chi connectivity index (χ0n) is 6.63. The highest BCUT2D eigenvalue weighted by molar-refractivity contribution is 5.27. The summed E-state index contributed by atoms with van der Waals surface area (Å²) in [4.78, 5) is 0. The second-order valence-corrected chi connectivity index (χ2v) is 3.02. The summed E-state index contributed by atoms with van der Waals surface area (Å²) in [5.74, 6) is 0.990. The summed E-state index contributed by atoms with van der Waals surface area (Å²) >= 11 is 0. The lowest BCUT2D eigenvalue weighted by Crippen LogP contribution is -1.95. The normalized spacial score (nSPS) is 16.5. The van der Waals surface area contributed by atoms with Gasteiger partial charge in [0.15, 0.2) is 0 Å². The van der Waals surface area contributed by atoms with Crippen LogP contribution < -0.4 is 4.74 Å². The molecule has 2 rings (SSSR count). The average molecular weight is 147 g/mol. The van der Waals surface area contributed by atoms with E-state index in [9.17, 15) is 0 Å². The minimum absolute atomic E-state index is 0.497. The van der Waals surface area contributed by atoms with Gasteiger partial charge in [-0.15, -0.1) is 0 Å². The molecule has 1 radical (unpaired) electrons. The van der Waals surface area contributed by atoms with Gasteiger partial charge in [0.25, 0.3) is 0 Å². The van der Waals surface area contributed by atoms with E-state index < -0.39 is 0 Å². The average Bonchev–Trinajstić information content (AvgIpc) is 2.71. The van der Waals surface area contributed by atoms with Gasteiger partial charge in [-0.05, 0) is 43.5 Å². The first kappa shape index (κ1) is 6.71. The molecule has 0 aromatic heterocycles. The van der Waals surface area contributed by atoms with Crippen LogP contribution in [0.1, 0.15) is 18.4 Å². The lowest BCUT2D eigenvalue weighted by atomic mass is 10.2. The van der Waals surface area contributed by atoms with Crippen LogP contribution in [0.2, 0.25) is 0 Å². The molecule has 0 aliphatic heterocycles. The lowest BCUT2D eigenvalue weighted by molar-refractivity contribution is 0.303. The highest BCUT2D eigenvalue weighted by Crippen LogP contribution is 2.26. The van der Waals surface area contributed by atoms with Crippen molar-refractivity contribution in [3.8, 4) is 5.75 Å². The van der Waals surface area contributed by atoms with Crippen LogP contribution in [0.4, 0.5) is 0 Å². The van der Waals surface area contributed by atoms with Crippen molar-refractivity contribution in [1.29, 1.82) is 0 Å². The molecule has 1 nitrogen and oxygen atoms in total. The first-order valence-corrected chi connectivity index (χ1v) is 3.99. The third-order valence-electron chi connectivity index (χ3n) is 1.74. The van der Waals surface area contributed by atoms with E-state index in [0.29, 0.717) is 6.10 Å². The molecular weight excluding hydrogens is 136 g/mol. The predicted octanol–water partition coefficient (Wildman–Crippen LogP) is 2.34. The monoisotopic (exact) mass is 147 g/mol. The van der Waals surface area contributed by atoms with Crippen LogP contribution in [0.5, 0.6) is 5.75 Å². The molecule has 0 N–H and O–H groups in total. The Kier molecular flexibility index (Phi) is 1.57. The summed E-state index contributed by atoms with van der Waals surface area (Å²) < 4.78 is 5.59. The minimum Gasteiger partial charge on any atom is -0.490 e. The van der Waals surface area contributed by atoms with Crippen molar-refractivity contribution in [2.24, 2.45) is 0 Å². The van der Waals surface area contributed by atoms with Crippen LogP contribution in [-0.4, -0.2) is 6.10 Å². The molecule has 1 aromatic rings. The smallest absolute Gasteiger partial charge is 0.120 e. The van der Waals surface area contributed by atoms with Crippen LogP contribution >= 0.6 is 0 Å². The molecule has 1 fully saturated rings. The summed E-state index contributed by atoms with van der Waals surface area (Å²) in [5.41, 5.74) is 1.14. The number of hydrogen-bond donors (Lipinski definition) is 0. The van der Waals surface area contributed by atoms with Crippen molar-refractivity contribution >= 4 is 0 Å². The maximum Gasteiger partial charge on any atom is 0.120 e.